The van der Waals surface area contributed by atoms with Crippen LogP contribution in [0.3, 0.4) is 0 Å². The summed E-state index contributed by atoms with van der Waals surface area (Å²) in [6, 6.07) is 3.16. The van der Waals surface area contributed by atoms with E-state index in [1.807, 2.05) is 0 Å². The first-order chi connectivity index (χ1) is 12.7. The number of nitrogens with zero attached hydrogens (tertiary/aromatic N) is 3. The number of primary amides is 1. The Morgan fingerprint density at radius 2 is 2.11 bits per heavy atom. The number of pyridine rings is 1. The van der Waals surface area contributed by atoms with Crippen molar-refractivity contribution in [2.45, 2.75) is 39.0 Å². The van der Waals surface area contributed by atoms with Crippen molar-refractivity contribution in [2.24, 2.45) is 11.7 Å². The number of carbonyl (C=O) groups excluding carboxylic acids is 1. The average molecular weight is 377 g/mol. The van der Waals surface area contributed by atoms with E-state index in [9.17, 15) is 13.6 Å². The quantitative estimate of drug-likeness (QED) is 0.733. The molecule has 0 radical (unpaired) electrons. The molecule has 0 aliphatic heterocycles. The van der Waals surface area contributed by atoms with E-state index in [1.54, 1.807) is 19.1 Å². The van der Waals surface area contributed by atoms with E-state index in [2.05, 4.69) is 20.3 Å². The predicted molar refractivity (Wildman–Crippen MR) is 95.0 cm³/mol. The number of nitrogens with two attached hydrogens (primary N) is 1. The number of rotatable bonds is 8. The summed E-state index contributed by atoms with van der Waals surface area (Å²) >= 11 is 0. The highest BCUT2D eigenvalue weighted by molar-refractivity contribution is 5.77. The number of aromatic nitrogens is 3. The van der Waals surface area contributed by atoms with Gasteiger partial charge in [0.25, 0.3) is 0 Å². The lowest BCUT2D eigenvalue weighted by molar-refractivity contribution is -0.117. The van der Waals surface area contributed by atoms with Crippen LogP contribution in [-0.4, -0.2) is 27.5 Å². The number of anilines is 2. The molecule has 0 saturated heterocycles. The minimum Gasteiger partial charge on any atom is -0.489 e. The van der Waals surface area contributed by atoms with E-state index in [-0.39, 0.29) is 12.2 Å². The fourth-order valence-corrected chi connectivity index (χ4v) is 2.43. The van der Waals surface area contributed by atoms with Crippen LogP contribution >= 0.6 is 0 Å². The Balaban J connectivity index is 1.90. The zero-order valence-corrected chi connectivity index (χ0v) is 15.1. The minimum atomic E-state index is -3.16. The molecule has 3 rings (SSSR count). The Kier molecular flexibility index (Phi) is 5.20. The largest absolute Gasteiger partial charge is 0.489 e. The molecule has 0 unspecified atom stereocenters. The SMILES string of the molecule is Cc1cc(Nc2cc(CC(N)=O)ncc2OCC2CC2)nc(C(C)(F)F)n1. The van der Waals surface area contributed by atoms with Crippen molar-refractivity contribution >= 4 is 17.4 Å². The van der Waals surface area contributed by atoms with Crippen LogP contribution in [0.1, 0.15) is 37.0 Å². The first-order valence-corrected chi connectivity index (χ1v) is 8.62. The Hall–Kier alpha value is -2.84. The lowest BCUT2D eigenvalue weighted by Crippen LogP contribution is -2.16. The summed E-state index contributed by atoms with van der Waals surface area (Å²) in [5.41, 5.74) is 6.54. The first-order valence-electron chi connectivity index (χ1n) is 8.62. The van der Waals surface area contributed by atoms with Crippen molar-refractivity contribution in [3.05, 3.63) is 35.5 Å². The fraction of sp³-hybridized carbons (Fsp3) is 0.444. The minimum absolute atomic E-state index is 0.0430. The molecule has 0 spiro atoms. The number of hydrogen-bond donors (Lipinski definition) is 2. The summed E-state index contributed by atoms with van der Waals surface area (Å²) in [5.74, 6) is -3.08. The predicted octanol–water partition coefficient (Wildman–Crippen LogP) is 2.85. The number of hydrogen-bond acceptors (Lipinski definition) is 6. The van der Waals surface area contributed by atoms with Crippen LogP contribution in [0.5, 0.6) is 5.75 Å². The Morgan fingerprint density at radius 3 is 2.74 bits per heavy atom. The molecule has 1 aliphatic carbocycles. The van der Waals surface area contributed by atoms with Crippen LogP contribution in [0, 0.1) is 12.8 Å². The van der Waals surface area contributed by atoms with E-state index in [4.69, 9.17) is 10.5 Å². The van der Waals surface area contributed by atoms with Gasteiger partial charge in [-0.2, -0.15) is 8.78 Å². The zero-order valence-electron chi connectivity index (χ0n) is 15.1. The normalized spacial score (nSPS) is 14.1. The molecule has 1 aliphatic rings. The topological polar surface area (TPSA) is 103 Å². The van der Waals surface area contributed by atoms with Gasteiger partial charge in [-0.15, -0.1) is 0 Å². The van der Waals surface area contributed by atoms with Crippen molar-refractivity contribution < 1.29 is 18.3 Å². The van der Waals surface area contributed by atoms with Crippen LogP contribution in [-0.2, 0) is 17.1 Å². The van der Waals surface area contributed by atoms with Gasteiger partial charge in [-0.05, 0) is 31.7 Å². The number of carbonyl (C=O) groups is 1. The van der Waals surface area contributed by atoms with Gasteiger partial charge in [0.1, 0.15) is 5.82 Å². The summed E-state index contributed by atoms with van der Waals surface area (Å²) in [6.07, 6.45) is 3.69. The third kappa shape index (κ3) is 5.32. The Morgan fingerprint density at radius 1 is 1.37 bits per heavy atom. The van der Waals surface area contributed by atoms with Gasteiger partial charge < -0.3 is 15.8 Å². The van der Waals surface area contributed by atoms with Crippen molar-refractivity contribution in [3.8, 4) is 5.75 Å². The van der Waals surface area contributed by atoms with Crippen LogP contribution in [0.25, 0.3) is 0 Å². The number of alkyl halides is 2. The maximum absolute atomic E-state index is 13.6. The van der Waals surface area contributed by atoms with Gasteiger partial charge >= 0.3 is 5.92 Å². The molecular formula is C18H21F2N5O2. The smallest absolute Gasteiger partial charge is 0.303 e. The number of amides is 1. The van der Waals surface area contributed by atoms with Crippen LogP contribution < -0.4 is 15.8 Å². The van der Waals surface area contributed by atoms with E-state index >= 15 is 0 Å². The molecule has 1 amide bonds. The second-order valence-electron chi connectivity index (χ2n) is 6.80. The molecule has 27 heavy (non-hydrogen) atoms. The first kappa shape index (κ1) is 18.9. The molecule has 2 heterocycles. The second-order valence-corrected chi connectivity index (χ2v) is 6.80. The second kappa shape index (κ2) is 7.42. The lowest BCUT2D eigenvalue weighted by atomic mass is 10.2. The van der Waals surface area contributed by atoms with Crippen LogP contribution in [0.2, 0.25) is 0 Å². The molecule has 9 heteroatoms. The maximum Gasteiger partial charge on any atom is 0.303 e. The molecule has 1 saturated carbocycles. The molecule has 0 atom stereocenters. The van der Waals surface area contributed by atoms with Crippen molar-refractivity contribution in [1.82, 2.24) is 15.0 Å². The summed E-state index contributed by atoms with van der Waals surface area (Å²) < 4.78 is 33.0. The van der Waals surface area contributed by atoms with Gasteiger partial charge in [-0.1, -0.05) is 0 Å². The Bertz CT molecular complexity index is 850. The molecule has 144 valence electrons. The lowest BCUT2D eigenvalue weighted by Gasteiger charge is -2.15. The number of nitrogens with one attached hydrogen (secondary N) is 1. The standard InChI is InChI=1S/C18H21F2N5O2/c1-10-5-16(25-17(23-10)18(2,19)20)24-13-6-12(7-15(21)26)22-8-14(13)27-9-11-3-4-11/h5-6,8,11H,3-4,7,9H2,1-2H3,(H2,21,26)(H,22,23,24,25). The summed E-state index contributed by atoms with van der Waals surface area (Å²) in [6.45, 7) is 2.90. The molecule has 0 aromatic carbocycles. The van der Waals surface area contributed by atoms with Crippen LogP contribution in [0.4, 0.5) is 20.3 Å². The molecule has 2 aromatic rings. The Labute approximate surface area is 155 Å². The van der Waals surface area contributed by atoms with Crippen LogP contribution in [0.15, 0.2) is 18.3 Å². The molecular weight excluding hydrogens is 356 g/mol. The highest BCUT2D eigenvalue weighted by Gasteiger charge is 2.29. The van der Waals surface area contributed by atoms with Crippen molar-refractivity contribution in [1.29, 1.82) is 0 Å². The van der Waals surface area contributed by atoms with Gasteiger partial charge in [0.2, 0.25) is 11.7 Å². The van der Waals surface area contributed by atoms with Gasteiger partial charge in [0, 0.05) is 18.7 Å². The highest BCUT2D eigenvalue weighted by Crippen LogP contribution is 2.33. The van der Waals surface area contributed by atoms with E-state index in [0.717, 1.165) is 19.8 Å². The zero-order chi connectivity index (χ0) is 19.6. The third-order valence-corrected chi connectivity index (χ3v) is 3.96. The van der Waals surface area contributed by atoms with E-state index in [1.165, 1.54) is 6.20 Å². The molecule has 2 aromatic heterocycles. The molecule has 7 nitrogen and oxygen atoms in total. The molecule has 1 fully saturated rings. The van der Waals surface area contributed by atoms with E-state index in [0.29, 0.717) is 35.3 Å². The summed E-state index contributed by atoms with van der Waals surface area (Å²) in [7, 11) is 0. The summed E-state index contributed by atoms with van der Waals surface area (Å²) in [5, 5.41) is 2.98. The summed E-state index contributed by atoms with van der Waals surface area (Å²) in [4.78, 5) is 23.0. The van der Waals surface area contributed by atoms with E-state index < -0.39 is 17.7 Å². The fourth-order valence-electron chi connectivity index (χ4n) is 2.43. The number of aryl methyl sites for hydroxylation is 1. The maximum atomic E-state index is 13.6. The molecule has 0 bridgehead atoms. The van der Waals surface area contributed by atoms with Gasteiger partial charge in [-0.25, -0.2) is 9.97 Å². The van der Waals surface area contributed by atoms with Gasteiger partial charge in [0.05, 0.1) is 30.6 Å². The number of ether oxygens (including phenoxy) is 1. The van der Waals surface area contributed by atoms with Crippen molar-refractivity contribution in [3.63, 3.8) is 0 Å². The van der Waals surface area contributed by atoms with Crippen molar-refractivity contribution in [2.75, 3.05) is 11.9 Å². The average Bonchev–Trinajstić information content (AvgIpc) is 3.36. The van der Waals surface area contributed by atoms with Gasteiger partial charge in [-0.3, -0.25) is 9.78 Å². The number of halogens is 2. The monoisotopic (exact) mass is 377 g/mol. The van der Waals surface area contributed by atoms with Gasteiger partial charge in [0.15, 0.2) is 5.75 Å². The molecule has 3 N–H and O–H groups in total. The highest BCUT2D eigenvalue weighted by atomic mass is 19.3. The third-order valence-electron chi connectivity index (χ3n) is 3.96.